The van der Waals surface area contributed by atoms with Gasteiger partial charge in [-0.15, -0.1) is 0 Å². The maximum atomic E-state index is 12.1. The van der Waals surface area contributed by atoms with Crippen molar-refractivity contribution in [2.24, 2.45) is 0 Å². The number of hydrogen-bond acceptors (Lipinski definition) is 6. The van der Waals surface area contributed by atoms with E-state index in [2.05, 4.69) is 10.6 Å². The van der Waals surface area contributed by atoms with Crippen LogP contribution in [0, 0.1) is 0 Å². The molecule has 0 spiro atoms. The molecule has 3 aromatic carbocycles. The van der Waals surface area contributed by atoms with E-state index < -0.39 is 18.5 Å². The quantitative estimate of drug-likeness (QED) is 0.335. The zero-order valence-corrected chi connectivity index (χ0v) is 20.2. The number of rotatable bonds is 10. The molecule has 2 amide bonds. The van der Waals surface area contributed by atoms with E-state index in [-0.39, 0.29) is 18.7 Å². The predicted molar refractivity (Wildman–Crippen MR) is 133 cm³/mol. The third kappa shape index (κ3) is 8.51. The van der Waals surface area contributed by atoms with Crippen molar-refractivity contribution < 1.29 is 28.6 Å². The molecule has 10 heteroatoms. The Labute approximate surface area is 212 Å². The van der Waals surface area contributed by atoms with Crippen LogP contribution in [-0.4, -0.2) is 31.5 Å². The molecule has 3 aromatic rings. The Bertz CT molecular complexity index is 1180. The molecule has 0 fully saturated rings. The van der Waals surface area contributed by atoms with Crippen LogP contribution in [0.15, 0.2) is 66.7 Å². The molecule has 2 N–H and O–H groups in total. The second kappa shape index (κ2) is 12.6. The van der Waals surface area contributed by atoms with Gasteiger partial charge in [-0.2, -0.15) is 0 Å². The first-order valence-electron chi connectivity index (χ1n) is 10.4. The molecule has 3 rings (SSSR count). The minimum atomic E-state index is -0.659. The number of amides is 2. The number of benzene rings is 3. The Morgan fingerprint density at radius 2 is 1.37 bits per heavy atom. The highest BCUT2D eigenvalue weighted by Gasteiger charge is 2.11. The molecule has 182 valence electrons. The van der Waals surface area contributed by atoms with Gasteiger partial charge in [-0.3, -0.25) is 14.4 Å². The maximum Gasteiger partial charge on any atom is 0.306 e. The molecule has 0 aliphatic carbocycles. The monoisotopic (exact) mass is 516 g/mol. The molecule has 0 saturated carbocycles. The lowest BCUT2D eigenvalue weighted by atomic mass is 10.2. The summed E-state index contributed by atoms with van der Waals surface area (Å²) in [5.74, 6) is 0.0930. The first kappa shape index (κ1) is 25.9. The Hall–Kier alpha value is -3.75. The van der Waals surface area contributed by atoms with Gasteiger partial charge in [0.05, 0.1) is 18.6 Å². The van der Waals surface area contributed by atoms with Crippen molar-refractivity contribution in [3.05, 3.63) is 76.8 Å². The predicted octanol–water partition coefficient (Wildman–Crippen LogP) is 5.69. The number of esters is 1. The SMILES string of the molecule is COc1ccc(NC(=O)COC(=O)CCC(=O)Nc2ccc(Oc3ccc(Cl)cc3Cl)cc2)cc1. The van der Waals surface area contributed by atoms with Gasteiger partial charge in [0, 0.05) is 22.8 Å². The summed E-state index contributed by atoms with van der Waals surface area (Å²) in [6, 6.07) is 18.2. The number of carbonyl (C=O) groups excluding carboxylic acids is 3. The summed E-state index contributed by atoms with van der Waals surface area (Å²) in [5.41, 5.74) is 1.07. The van der Waals surface area contributed by atoms with Crippen molar-refractivity contribution in [3.8, 4) is 17.2 Å². The first-order valence-corrected chi connectivity index (χ1v) is 11.2. The molecular weight excluding hydrogens is 495 g/mol. The summed E-state index contributed by atoms with van der Waals surface area (Å²) in [6.45, 7) is -0.453. The van der Waals surface area contributed by atoms with Crippen molar-refractivity contribution in [2.75, 3.05) is 24.4 Å². The van der Waals surface area contributed by atoms with Crippen molar-refractivity contribution in [1.29, 1.82) is 0 Å². The molecule has 0 saturated heterocycles. The minimum Gasteiger partial charge on any atom is -0.497 e. The topological polar surface area (TPSA) is 103 Å². The third-order valence-corrected chi connectivity index (χ3v) is 5.08. The average molecular weight is 517 g/mol. The summed E-state index contributed by atoms with van der Waals surface area (Å²) < 4.78 is 15.7. The van der Waals surface area contributed by atoms with E-state index in [4.69, 9.17) is 37.4 Å². The van der Waals surface area contributed by atoms with Gasteiger partial charge < -0.3 is 24.8 Å². The van der Waals surface area contributed by atoms with Gasteiger partial charge in [-0.05, 0) is 66.7 Å². The summed E-state index contributed by atoms with van der Waals surface area (Å²) in [5, 5.41) is 6.15. The highest BCUT2D eigenvalue weighted by atomic mass is 35.5. The van der Waals surface area contributed by atoms with Crippen LogP contribution in [0.3, 0.4) is 0 Å². The van der Waals surface area contributed by atoms with Crippen LogP contribution in [0.1, 0.15) is 12.8 Å². The molecule has 0 aliphatic heterocycles. The smallest absolute Gasteiger partial charge is 0.306 e. The maximum absolute atomic E-state index is 12.1. The Morgan fingerprint density at radius 3 is 1.97 bits per heavy atom. The van der Waals surface area contributed by atoms with Crippen LogP contribution in [0.2, 0.25) is 10.0 Å². The summed E-state index contributed by atoms with van der Waals surface area (Å²) in [4.78, 5) is 35.9. The van der Waals surface area contributed by atoms with E-state index in [1.807, 2.05) is 0 Å². The molecule has 8 nitrogen and oxygen atoms in total. The van der Waals surface area contributed by atoms with Gasteiger partial charge in [0.25, 0.3) is 5.91 Å². The van der Waals surface area contributed by atoms with Crippen molar-refractivity contribution in [3.63, 3.8) is 0 Å². The fourth-order valence-electron chi connectivity index (χ4n) is 2.82. The lowest BCUT2D eigenvalue weighted by Crippen LogP contribution is -2.21. The van der Waals surface area contributed by atoms with Crippen LogP contribution in [0.5, 0.6) is 17.2 Å². The van der Waals surface area contributed by atoms with E-state index in [1.165, 1.54) is 0 Å². The lowest BCUT2D eigenvalue weighted by Gasteiger charge is -2.10. The number of methoxy groups -OCH3 is 1. The third-order valence-electron chi connectivity index (χ3n) is 4.55. The summed E-state index contributed by atoms with van der Waals surface area (Å²) in [7, 11) is 1.54. The standard InChI is InChI=1S/C25H22Cl2N2O6/c1-33-19-7-3-18(4-8-19)29-24(31)15-34-25(32)13-12-23(30)28-17-5-9-20(10-6-17)35-22-11-2-16(26)14-21(22)27/h2-11,14H,12-13,15H2,1H3,(H,28,30)(H,29,31). The van der Waals surface area contributed by atoms with Gasteiger partial charge in [0.2, 0.25) is 5.91 Å². The molecule has 0 heterocycles. The fraction of sp³-hybridized carbons (Fsp3) is 0.160. The second-order valence-electron chi connectivity index (χ2n) is 7.19. The summed E-state index contributed by atoms with van der Waals surface area (Å²) >= 11 is 12.0. The van der Waals surface area contributed by atoms with E-state index in [0.29, 0.717) is 38.7 Å². The molecule has 0 bridgehead atoms. The number of nitrogens with one attached hydrogen (secondary N) is 2. The Balaban J connectivity index is 1.37. The van der Waals surface area contributed by atoms with Gasteiger partial charge in [-0.1, -0.05) is 23.2 Å². The highest BCUT2D eigenvalue weighted by Crippen LogP contribution is 2.32. The lowest BCUT2D eigenvalue weighted by molar-refractivity contribution is -0.147. The van der Waals surface area contributed by atoms with Crippen LogP contribution in [0.25, 0.3) is 0 Å². The van der Waals surface area contributed by atoms with Gasteiger partial charge in [0.1, 0.15) is 17.2 Å². The second-order valence-corrected chi connectivity index (χ2v) is 8.03. The number of halogens is 2. The van der Waals surface area contributed by atoms with Crippen LogP contribution >= 0.6 is 23.2 Å². The normalized spacial score (nSPS) is 10.3. The number of hydrogen-bond donors (Lipinski definition) is 2. The van der Waals surface area contributed by atoms with Crippen molar-refractivity contribution in [2.45, 2.75) is 12.8 Å². The van der Waals surface area contributed by atoms with Crippen molar-refractivity contribution >= 4 is 52.4 Å². The Kier molecular flexibility index (Phi) is 9.34. The van der Waals surface area contributed by atoms with Crippen molar-refractivity contribution in [1.82, 2.24) is 0 Å². The van der Waals surface area contributed by atoms with Gasteiger partial charge in [0.15, 0.2) is 6.61 Å². The fourth-order valence-corrected chi connectivity index (χ4v) is 3.27. The molecule has 0 radical (unpaired) electrons. The number of ether oxygens (including phenoxy) is 3. The van der Waals surface area contributed by atoms with Crippen LogP contribution in [-0.2, 0) is 19.1 Å². The first-order chi connectivity index (χ1) is 16.8. The molecule has 0 atom stereocenters. The number of carbonyl (C=O) groups is 3. The van der Waals surface area contributed by atoms with Crippen LogP contribution < -0.4 is 20.1 Å². The molecule has 0 aliphatic rings. The van der Waals surface area contributed by atoms with Gasteiger partial charge >= 0.3 is 5.97 Å². The van der Waals surface area contributed by atoms with E-state index in [9.17, 15) is 14.4 Å². The largest absolute Gasteiger partial charge is 0.497 e. The zero-order valence-electron chi connectivity index (χ0n) is 18.7. The highest BCUT2D eigenvalue weighted by molar-refractivity contribution is 6.35. The number of anilines is 2. The average Bonchev–Trinajstić information content (AvgIpc) is 2.85. The zero-order chi connectivity index (χ0) is 25.2. The summed E-state index contributed by atoms with van der Waals surface area (Å²) in [6.07, 6.45) is -0.268. The van der Waals surface area contributed by atoms with Crippen LogP contribution in [0.4, 0.5) is 11.4 Å². The molecule has 35 heavy (non-hydrogen) atoms. The van der Waals surface area contributed by atoms with E-state index in [0.717, 1.165) is 0 Å². The van der Waals surface area contributed by atoms with E-state index in [1.54, 1.807) is 73.8 Å². The molecule has 0 unspecified atom stereocenters. The molecular formula is C25H22Cl2N2O6. The Morgan fingerprint density at radius 1 is 0.771 bits per heavy atom. The van der Waals surface area contributed by atoms with E-state index >= 15 is 0 Å². The van der Waals surface area contributed by atoms with Gasteiger partial charge in [-0.25, -0.2) is 0 Å². The minimum absolute atomic E-state index is 0.0996. The molecule has 0 aromatic heterocycles.